The highest BCUT2D eigenvalue weighted by Crippen LogP contribution is 2.20. The Morgan fingerprint density at radius 2 is 2.38 bits per heavy atom. The first-order valence-electron chi connectivity index (χ1n) is 4.86. The van der Waals surface area contributed by atoms with Gasteiger partial charge in [0.05, 0.1) is 20.3 Å². The first-order valence-corrected chi connectivity index (χ1v) is 4.86. The van der Waals surface area contributed by atoms with Gasteiger partial charge in [0, 0.05) is 11.3 Å². The lowest BCUT2D eigenvalue weighted by atomic mass is 10.1. The minimum Gasteiger partial charge on any atom is -0.480 e. The monoisotopic (exact) mass is 218 g/mol. The predicted octanol–water partition coefficient (Wildman–Crippen LogP) is 1.97. The molecule has 0 atom stereocenters. The number of methoxy groups -OCH3 is 1. The van der Waals surface area contributed by atoms with E-state index >= 15 is 0 Å². The predicted molar refractivity (Wildman–Crippen MR) is 60.1 cm³/mol. The van der Waals surface area contributed by atoms with E-state index in [1.165, 1.54) is 7.11 Å². The minimum absolute atomic E-state index is 0.347. The molecular formula is C12H14N2O2. The molecule has 84 valence electrons. The quantitative estimate of drug-likeness (QED) is 0.560. The molecule has 0 aromatic carbocycles. The van der Waals surface area contributed by atoms with E-state index in [9.17, 15) is 0 Å². The fourth-order valence-corrected chi connectivity index (χ4v) is 1.34. The number of aromatic nitrogens is 1. The Balaban J connectivity index is 3.01. The van der Waals surface area contributed by atoms with Gasteiger partial charge >= 0.3 is 0 Å². The van der Waals surface area contributed by atoms with Crippen molar-refractivity contribution in [2.45, 2.75) is 13.5 Å². The molecule has 0 spiro atoms. The van der Waals surface area contributed by atoms with Gasteiger partial charge in [-0.05, 0) is 13.0 Å². The summed E-state index contributed by atoms with van der Waals surface area (Å²) in [6.45, 7) is 6.22. The molecule has 16 heavy (non-hydrogen) atoms. The smallest absolute Gasteiger partial charge is 0.231 e. The van der Waals surface area contributed by atoms with Crippen LogP contribution in [0.5, 0.6) is 5.88 Å². The fourth-order valence-electron chi connectivity index (χ4n) is 1.34. The topological polar surface area (TPSA) is 55.1 Å². The summed E-state index contributed by atoms with van der Waals surface area (Å²) in [5.74, 6) is 0.347. The van der Waals surface area contributed by atoms with Crippen molar-refractivity contribution in [3.63, 3.8) is 0 Å². The van der Waals surface area contributed by atoms with E-state index in [4.69, 9.17) is 14.7 Å². The van der Waals surface area contributed by atoms with E-state index in [0.717, 1.165) is 11.3 Å². The zero-order chi connectivity index (χ0) is 12.0. The van der Waals surface area contributed by atoms with Gasteiger partial charge in [0.15, 0.2) is 0 Å². The molecule has 1 aromatic heterocycles. The van der Waals surface area contributed by atoms with E-state index in [1.54, 1.807) is 6.08 Å². The average Bonchev–Trinajstić information content (AvgIpc) is 2.28. The fraction of sp³-hybridized carbons (Fsp3) is 0.333. The van der Waals surface area contributed by atoms with Crippen molar-refractivity contribution in [2.75, 3.05) is 13.7 Å². The summed E-state index contributed by atoms with van der Waals surface area (Å²) < 4.78 is 10.4. The summed E-state index contributed by atoms with van der Waals surface area (Å²) in [6.07, 6.45) is 1.66. The van der Waals surface area contributed by atoms with Gasteiger partial charge in [-0.2, -0.15) is 5.26 Å². The van der Waals surface area contributed by atoms with Crippen LogP contribution in [0.4, 0.5) is 0 Å². The van der Waals surface area contributed by atoms with Crippen LogP contribution in [0.2, 0.25) is 0 Å². The van der Waals surface area contributed by atoms with E-state index in [1.807, 2.05) is 13.0 Å². The number of aryl methyl sites for hydroxylation is 1. The Labute approximate surface area is 95.1 Å². The standard InChI is InChI=1S/C12H14N2O2/c1-4-5-16-8-10-6-9(2)14-12(15-3)11(10)7-13/h4,6H,1,5,8H2,2-3H3. The Hall–Kier alpha value is -1.86. The second-order valence-corrected chi connectivity index (χ2v) is 3.22. The molecule has 0 radical (unpaired) electrons. The second kappa shape index (κ2) is 5.89. The van der Waals surface area contributed by atoms with E-state index in [2.05, 4.69) is 17.6 Å². The highest BCUT2D eigenvalue weighted by Gasteiger charge is 2.11. The van der Waals surface area contributed by atoms with Gasteiger partial charge in [-0.1, -0.05) is 6.08 Å². The van der Waals surface area contributed by atoms with Crippen molar-refractivity contribution in [2.24, 2.45) is 0 Å². The summed E-state index contributed by atoms with van der Waals surface area (Å²) in [6, 6.07) is 3.90. The molecule has 4 nitrogen and oxygen atoms in total. The van der Waals surface area contributed by atoms with Crippen molar-refractivity contribution in [3.8, 4) is 11.9 Å². The molecule has 0 saturated heterocycles. The largest absolute Gasteiger partial charge is 0.480 e. The number of hydrogen-bond acceptors (Lipinski definition) is 4. The maximum atomic E-state index is 9.03. The Bertz CT molecular complexity index is 422. The van der Waals surface area contributed by atoms with E-state index < -0.39 is 0 Å². The van der Waals surface area contributed by atoms with Crippen molar-refractivity contribution in [3.05, 3.63) is 35.5 Å². The number of nitrogens with zero attached hydrogens (tertiary/aromatic N) is 2. The van der Waals surface area contributed by atoms with Crippen LogP contribution in [0.3, 0.4) is 0 Å². The molecule has 0 N–H and O–H groups in total. The van der Waals surface area contributed by atoms with Crippen molar-refractivity contribution < 1.29 is 9.47 Å². The zero-order valence-corrected chi connectivity index (χ0v) is 9.49. The summed E-state index contributed by atoms with van der Waals surface area (Å²) in [5, 5.41) is 9.03. The zero-order valence-electron chi connectivity index (χ0n) is 9.49. The van der Waals surface area contributed by atoms with Crippen LogP contribution in [-0.2, 0) is 11.3 Å². The van der Waals surface area contributed by atoms with Gasteiger partial charge in [-0.15, -0.1) is 6.58 Å². The van der Waals surface area contributed by atoms with Gasteiger partial charge in [0.1, 0.15) is 11.6 Å². The molecule has 0 amide bonds. The summed E-state index contributed by atoms with van der Waals surface area (Å²) in [4.78, 5) is 4.13. The van der Waals surface area contributed by atoms with Crippen LogP contribution in [0.15, 0.2) is 18.7 Å². The number of rotatable bonds is 5. The molecule has 1 rings (SSSR count). The van der Waals surface area contributed by atoms with Gasteiger partial charge in [-0.25, -0.2) is 4.98 Å². The van der Waals surface area contributed by atoms with Crippen LogP contribution in [-0.4, -0.2) is 18.7 Å². The molecular weight excluding hydrogens is 204 g/mol. The molecule has 0 aliphatic heterocycles. The van der Waals surface area contributed by atoms with Crippen LogP contribution < -0.4 is 4.74 Å². The molecule has 0 saturated carbocycles. The van der Waals surface area contributed by atoms with Crippen molar-refractivity contribution in [1.82, 2.24) is 4.98 Å². The molecule has 0 aliphatic carbocycles. The van der Waals surface area contributed by atoms with E-state index in [-0.39, 0.29) is 0 Å². The summed E-state index contributed by atoms with van der Waals surface area (Å²) in [7, 11) is 1.50. The summed E-state index contributed by atoms with van der Waals surface area (Å²) in [5.41, 5.74) is 2.01. The maximum absolute atomic E-state index is 9.03. The van der Waals surface area contributed by atoms with Crippen molar-refractivity contribution >= 4 is 0 Å². The Morgan fingerprint density at radius 3 is 2.94 bits per heavy atom. The first-order chi connectivity index (χ1) is 7.72. The van der Waals surface area contributed by atoms with Gasteiger partial charge in [-0.3, -0.25) is 0 Å². The maximum Gasteiger partial charge on any atom is 0.231 e. The molecule has 0 unspecified atom stereocenters. The number of hydrogen-bond donors (Lipinski definition) is 0. The van der Waals surface area contributed by atoms with Gasteiger partial charge < -0.3 is 9.47 Å². The third-order valence-electron chi connectivity index (χ3n) is 1.99. The lowest BCUT2D eigenvalue weighted by Gasteiger charge is -2.09. The molecule has 1 heterocycles. The lowest BCUT2D eigenvalue weighted by Crippen LogP contribution is -2.02. The second-order valence-electron chi connectivity index (χ2n) is 3.22. The third-order valence-corrected chi connectivity index (χ3v) is 1.99. The average molecular weight is 218 g/mol. The molecule has 0 fully saturated rings. The van der Waals surface area contributed by atoms with Crippen LogP contribution in [0, 0.1) is 18.3 Å². The van der Waals surface area contributed by atoms with Gasteiger partial charge in [0.25, 0.3) is 0 Å². The molecule has 4 heteroatoms. The van der Waals surface area contributed by atoms with Crippen molar-refractivity contribution in [1.29, 1.82) is 5.26 Å². The number of nitriles is 1. The Kier molecular flexibility index (Phi) is 4.49. The lowest BCUT2D eigenvalue weighted by molar-refractivity contribution is 0.148. The first kappa shape index (κ1) is 12.2. The third kappa shape index (κ3) is 2.81. The van der Waals surface area contributed by atoms with Gasteiger partial charge in [0.2, 0.25) is 5.88 Å². The van der Waals surface area contributed by atoms with Crippen LogP contribution in [0.1, 0.15) is 16.8 Å². The summed E-state index contributed by atoms with van der Waals surface area (Å²) >= 11 is 0. The van der Waals surface area contributed by atoms with Crippen LogP contribution in [0.25, 0.3) is 0 Å². The molecule has 1 aromatic rings. The highest BCUT2D eigenvalue weighted by molar-refractivity contribution is 5.45. The molecule has 0 aliphatic rings. The van der Waals surface area contributed by atoms with E-state index in [0.29, 0.717) is 24.7 Å². The number of pyridine rings is 1. The normalized spacial score (nSPS) is 9.56. The Morgan fingerprint density at radius 1 is 1.62 bits per heavy atom. The molecule has 0 bridgehead atoms. The number of ether oxygens (including phenoxy) is 2. The van der Waals surface area contributed by atoms with Crippen LogP contribution >= 0.6 is 0 Å². The minimum atomic E-state index is 0.347. The highest BCUT2D eigenvalue weighted by atomic mass is 16.5. The SMILES string of the molecule is C=CCOCc1cc(C)nc(OC)c1C#N.